The highest BCUT2D eigenvalue weighted by molar-refractivity contribution is 5.22. The predicted molar refractivity (Wildman–Crippen MR) is 46.6 cm³/mol. The van der Waals surface area contributed by atoms with Gasteiger partial charge in [-0.25, -0.2) is 0 Å². The van der Waals surface area contributed by atoms with Gasteiger partial charge in [0.2, 0.25) is 0 Å². The third kappa shape index (κ3) is 1.53. The van der Waals surface area contributed by atoms with Gasteiger partial charge in [-0.05, 0) is 13.3 Å². The van der Waals surface area contributed by atoms with Crippen LogP contribution in [0.15, 0.2) is 4.79 Å². The quantitative estimate of drug-likeness (QED) is 0.661. The summed E-state index contributed by atoms with van der Waals surface area (Å²) in [5, 5.41) is 0. The molecule has 0 saturated heterocycles. The van der Waals surface area contributed by atoms with Gasteiger partial charge >= 0.3 is 6.18 Å². The lowest BCUT2D eigenvalue weighted by atomic mass is 10.2. The maximum atomic E-state index is 12.7. The first kappa shape index (κ1) is 10.2. The minimum Gasteiger partial charge on any atom is -0.325 e. The second-order valence-corrected chi connectivity index (χ2v) is 3.56. The van der Waals surface area contributed by atoms with Crippen LogP contribution < -0.4 is 5.56 Å². The van der Waals surface area contributed by atoms with Crippen LogP contribution in [0.5, 0.6) is 0 Å². The molecule has 15 heavy (non-hydrogen) atoms. The molecule has 0 N–H and O–H groups in total. The molecule has 1 aromatic heterocycles. The number of hydrogen-bond acceptors (Lipinski definition) is 2. The molecule has 2 heterocycles. The molecule has 0 aromatic carbocycles. The van der Waals surface area contributed by atoms with Gasteiger partial charge in [-0.3, -0.25) is 4.79 Å². The Morgan fingerprint density at radius 3 is 2.67 bits per heavy atom. The molecule has 1 aliphatic heterocycles. The molecule has 82 valence electrons. The summed E-state index contributed by atoms with van der Waals surface area (Å²) >= 11 is 0. The van der Waals surface area contributed by atoms with E-state index in [9.17, 15) is 18.0 Å². The zero-order chi connectivity index (χ0) is 11.2. The van der Waals surface area contributed by atoms with Crippen molar-refractivity contribution in [2.24, 2.45) is 0 Å². The molecule has 0 atom stereocenters. The van der Waals surface area contributed by atoms with Crippen LogP contribution in [-0.2, 0) is 19.1 Å². The minimum atomic E-state index is -4.48. The third-order valence-electron chi connectivity index (χ3n) is 2.54. The second-order valence-electron chi connectivity index (χ2n) is 3.56. The maximum Gasteiger partial charge on any atom is 0.431 e. The summed E-state index contributed by atoms with van der Waals surface area (Å²) < 4.78 is 39.2. The largest absolute Gasteiger partial charge is 0.431 e. The summed E-state index contributed by atoms with van der Waals surface area (Å²) in [7, 11) is 0. The second kappa shape index (κ2) is 3.08. The maximum absolute atomic E-state index is 12.7. The zero-order valence-electron chi connectivity index (χ0n) is 8.06. The minimum absolute atomic E-state index is 0.248. The topological polar surface area (TPSA) is 34.9 Å². The van der Waals surface area contributed by atoms with Gasteiger partial charge in [-0.1, -0.05) is 0 Å². The highest BCUT2D eigenvalue weighted by atomic mass is 19.4. The SMILES string of the molecule is Cc1c(C(F)(F)F)n2c(nc1=O)CCC2. The van der Waals surface area contributed by atoms with E-state index in [0.29, 0.717) is 12.8 Å². The van der Waals surface area contributed by atoms with E-state index in [1.165, 1.54) is 6.92 Å². The first-order chi connectivity index (χ1) is 6.91. The lowest BCUT2D eigenvalue weighted by Gasteiger charge is -2.16. The van der Waals surface area contributed by atoms with Gasteiger partial charge in [0, 0.05) is 18.5 Å². The molecular weight excluding hydrogens is 209 g/mol. The summed E-state index contributed by atoms with van der Waals surface area (Å²) in [6.07, 6.45) is -3.43. The van der Waals surface area contributed by atoms with Crippen LogP contribution in [0.25, 0.3) is 0 Å². The van der Waals surface area contributed by atoms with Crippen molar-refractivity contribution in [2.45, 2.75) is 32.5 Å². The Hall–Kier alpha value is -1.33. The van der Waals surface area contributed by atoms with Crippen molar-refractivity contribution in [3.63, 3.8) is 0 Å². The van der Waals surface area contributed by atoms with E-state index >= 15 is 0 Å². The third-order valence-corrected chi connectivity index (χ3v) is 2.54. The normalized spacial score (nSPS) is 15.5. The Labute approximate surface area is 83.6 Å². The van der Waals surface area contributed by atoms with Gasteiger partial charge in [0.1, 0.15) is 11.5 Å². The molecule has 6 heteroatoms. The molecule has 0 amide bonds. The molecule has 1 aromatic rings. The smallest absolute Gasteiger partial charge is 0.325 e. The monoisotopic (exact) mass is 218 g/mol. The van der Waals surface area contributed by atoms with Crippen molar-refractivity contribution in [1.29, 1.82) is 0 Å². The predicted octanol–water partition coefficient (Wildman–Crippen LogP) is 1.52. The van der Waals surface area contributed by atoms with Gasteiger partial charge in [-0.15, -0.1) is 0 Å². The fraction of sp³-hybridized carbons (Fsp3) is 0.556. The Balaban J connectivity index is 2.77. The molecule has 0 bridgehead atoms. The molecule has 0 radical (unpaired) electrons. The van der Waals surface area contributed by atoms with Crippen LogP contribution in [0.1, 0.15) is 23.5 Å². The average Bonchev–Trinajstić information content (AvgIpc) is 2.50. The Bertz CT molecular complexity index is 462. The highest BCUT2D eigenvalue weighted by Gasteiger charge is 2.38. The van der Waals surface area contributed by atoms with Gasteiger partial charge in [-0.2, -0.15) is 18.2 Å². The highest BCUT2D eigenvalue weighted by Crippen LogP contribution is 2.32. The summed E-state index contributed by atoms with van der Waals surface area (Å²) in [6, 6.07) is 0. The van der Waals surface area contributed by atoms with Crippen LogP contribution in [-0.4, -0.2) is 9.55 Å². The number of nitrogens with zero attached hydrogens (tertiary/aromatic N) is 2. The van der Waals surface area contributed by atoms with Crippen LogP contribution in [0, 0.1) is 6.92 Å². The summed E-state index contributed by atoms with van der Waals surface area (Å²) in [6.45, 7) is 1.46. The van der Waals surface area contributed by atoms with Gasteiger partial charge in [0.05, 0.1) is 0 Å². The van der Waals surface area contributed by atoms with Crippen LogP contribution >= 0.6 is 0 Å². The Kier molecular flexibility index (Phi) is 2.09. The fourth-order valence-corrected chi connectivity index (χ4v) is 1.89. The molecular formula is C9H9F3N2O. The lowest BCUT2D eigenvalue weighted by Crippen LogP contribution is -2.26. The molecule has 0 aliphatic carbocycles. The number of aryl methyl sites for hydroxylation is 1. The van der Waals surface area contributed by atoms with Gasteiger partial charge < -0.3 is 4.57 Å². The number of halogens is 3. The van der Waals surface area contributed by atoms with E-state index in [4.69, 9.17) is 0 Å². The van der Waals surface area contributed by atoms with Crippen molar-refractivity contribution in [3.8, 4) is 0 Å². The first-order valence-corrected chi connectivity index (χ1v) is 4.59. The lowest BCUT2D eigenvalue weighted by molar-refractivity contribution is -0.144. The molecule has 0 fully saturated rings. The van der Waals surface area contributed by atoms with Crippen LogP contribution in [0.2, 0.25) is 0 Å². The van der Waals surface area contributed by atoms with E-state index in [1.807, 2.05) is 0 Å². The molecule has 1 aliphatic rings. The van der Waals surface area contributed by atoms with Gasteiger partial charge in [0.25, 0.3) is 5.56 Å². The van der Waals surface area contributed by atoms with Crippen molar-refractivity contribution in [2.75, 3.05) is 0 Å². The van der Waals surface area contributed by atoms with Crippen molar-refractivity contribution in [1.82, 2.24) is 9.55 Å². The number of aromatic nitrogens is 2. The summed E-state index contributed by atoms with van der Waals surface area (Å²) in [5.41, 5.74) is -1.92. The standard InChI is InChI=1S/C9H9F3N2O/c1-5-7(9(10,11)12)14-4-2-3-6(14)13-8(5)15/h2-4H2,1H3. The Morgan fingerprint density at radius 1 is 1.40 bits per heavy atom. The number of rotatable bonds is 0. The fourth-order valence-electron chi connectivity index (χ4n) is 1.89. The number of alkyl halides is 3. The molecule has 2 rings (SSSR count). The Morgan fingerprint density at radius 2 is 2.07 bits per heavy atom. The van der Waals surface area contributed by atoms with Crippen LogP contribution in [0.4, 0.5) is 13.2 Å². The van der Waals surface area contributed by atoms with Crippen molar-refractivity contribution < 1.29 is 13.2 Å². The van der Waals surface area contributed by atoms with Gasteiger partial charge in [0.15, 0.2) is 0 Å². The first-order valence-electron chi connectivity index (χ1n) is 4.59. The van der Waals surface area contributed by atoms with E-state index in [1.54, 1.807) is 0 Å². The van der Waals surface area contributed by atoms with E-state index < -0.39 is 17.4 Å². The molecule has 0 unspecified atom stereocenters. The number of hydrogen-bond donors (Lipinski definition) is 0. The average molecular weight is 218 g/mol. The van der Waals surface area contributed by atoms with Crippen molar-refractivity contribution in [3.05, 3.63) is 27.4 Å². The zero-order valence-corrected chi connectivity index (χ0v) is 8.06. The van der Waals surface area contributed by atoms with Crippen molar-refractivity contribution >= 4 is 0 Å². The molecule has 3 nitrogen and oxygen atoms in total. The summed E-state index contributed by atoms with van der Waals surface area (Å²) in [5.74, 6) is 0.248. The van der Waals surface area contributed by atoms with Crippen LogP contribution in [0.3, 0.4) is 0 Å². The number of fused-ring (bicyclic) bond motifs is 1. The van der Waals surface area contributed by atoms with E-state index in [2.05, 4.69) is 4.98 Å². The van der Waals surface area contributed by atoms with E-state index in [0.717, 1.165) is 4.57 Å². The summed E-state index contributed by atoms with van der Waals surface area (Å²) in [4.78, 5) is 14.9. The molecule has 0 spiro atoms. The van der Waals surface area contributed by atoms with E-state index in [-0.39, 0.29) is 17.9 Å². The molecule has 0 saturated carbocycles.